The first-order valence-corrected chi connectivity index (χ1v) is 17.3. The Morgan fingerprint density at radius 1 is 0.480 bits per heavy atom. The molecule has 7 aromatic carbocycles. The van der Waals surface area contributed by atoms with Gasteiger partial charge in [0.25, 0.3) is 0 Å². The summed E-state index contributed by atoms with van der Waals surface area (Å²) >= 11 is 0. The largest absolute Gasteiger partial charge is 0.292 e. The van der Waals surface area contributed by atoms with Gasteiger partial charge in [0.05, 0.1) is 22.2 Å². The lowest BCUT2D eigenvalue weighted by atomic mass is 9.79. The van der Waals surface area contributed by atoms with Crippen LogP contribution in [0.2, 0.25) is 0 Å². The van der Waals surface area contributed by atoms with Gasteiger partial charge in [-0.2, -0.15) is 0 Å². The Balaban J connectivity index is 1.12. The number of fused-ring (bicyclic) bond motifs is 8. The Hall–Kier alpha value is -6.32. The van der Waals surface area contributed by atoms with Gasteiger partial charge in [-0.1, -0.05) is 141 Å². The van der Waals surface area contributed by atoms with Crippen molar-refractivity contribution in [3.05, 3.63) is 175 Å². The van der Waals surface area contributed by atoms with Crippen molar-refractivity contribution in [1.82, 2.24) is 14.5 Å². The molecule has 0 N–H and O–H groups in total. The minimum absolute atomic E-state index is 0.159. The van der Waals surface area contributed by atoms with Crippen LogP contribution in [-0.2, 0) is 5.41 Å². The van der Waals surface area contributed by atoms with Crippen molar-refractivity contribution in [3.8, 4) is 50.6 Å². The van der Waals surface area contributed by atoms with Crippen molar-refractivity contribution >= 4 is 32.7 Å². The normalized spacial score (nSPS) is 13.2. The summed E-state index contributed by atoms with van der Waals surface area (Å²) in [4.78, 5) is 10.5. The van der Waals surface area contributed by atoms with Gasteiger partial charge in [0, 0.05) is 33.0 Å². The van der Waals surface area contributed by atoms with Gasteiger partial charge in [-0.15, -0.1) is 0 Å². The summed E-state index contributed by atoms with van der Waals surface area (Å²) < 4.78 is 2.25. The number of aromatic nitrogens is 3. The van der Waals surface area contributed by atoms with Crippen LogP contribution in [0.15, 0.2) is 164 Å². The Labute approximate surface area is 291 Å². The Kier molecular flexibility index (Phi) is 6.22. The van der Waals surface area contributed by atoms with Crippen LogP contribution in [0, 0.1) is 0 Å². The van der Waals surface area contributed by atoms with E-state index in [1.165, 1.54) is 38.4 Å². The fourth-order valence-electron chi connectivity index (χ4n) is 8.24. The van der Waals surface area contributed by atoms with Gasteiger partial charge in [0.1, 0.15) is 5.82 Å². The van der Waals surface area contributed by atoms with Gasteiger partial charge >= 0.3 is 0 Å². The highest BCUT2D eigenvalue weighted by Crippen LogP contribution is 2.53. The van der Waals surface area contributed by atoms with E-state index in [1.54, 1.807) is 0 Å². The third-order valence-electron chi connectivity index (χ3n) is 10.6. The van der Waals surface area contributed by atoms with Crippen LogP contribution < -0.4 is 0 Å². The van der Waals surface area contributed by atoms with E-state index < -0.39 is 0 Å². The zero-order chi connectivity index (χ0) is 33.4. The molecule has 10 rings (SSSR count). The number of nitrogens with zero attached hydrogens (tertiary/aromatic N) is 3. The van der Waals surface area contributed by atoms with Crippen LogP contribution in [0.25, 0.3) is 83.3 Å². The van der Waals surface area contributed by atoms with E-state index in [1.807, 2.05) is 6.07 Å². The van der Waals surface area contributed by atoms with Gasteiger partial charge in [-0.05, 0) is 75.2 Å². The first kappa shape index (κ1) is 28.7. The van der Waals surface area contributed by atoms with Gasteiger partial charge < -0.3 is 0 Å². The molecule has 3 heteroatoms. The van der Waals surface area contributed by atoms with Gasteiger partial charge in [0.2, 0.25) is 0 Å². The number of imidazole rings is 1. The molecule has 0 bridgehead atoms. The van der Waals surface area contributed by atoms with Crippen molar-refractivity contribution < 1.29 is 0 Å². The van der Waals surface area contributed by atoms with Crippen LogP contribution in [0.1, 0.15) is 25.0 Å². The lowest BCUT2D eigenvalue weighted by Crippen LogP contribution is -2.16. The second-order valence-electron chi connectivity index (χ2n) is 13.8. The molecule has 0 amide bonds. The predicted molar refractivity (Wildman–Crippen MR) is 208 cm³/mol. The Morgan fingerprint density at radius 2 is 1.18 bits per heavy atom. The maximum atomic E-state index is 5.42. The Morgan fingerprint density at radius 3 is 2.04 bits per heavy atom. The molecule has 1 aliphatic carbocycles. The standard InChI is InChI=1S/C47H33N3/c1-47(2)39-19-8-6-17-35(39)38-28-27-37-36-18-7-9-20-40(36)48-45(43(37)44(38)47)33-14-12-13-32(29-33)30-23-25-31(26-24-30)46-49-41-21-10-11-22-42(41)50(46)34-15-4-3-5-16-34/h3-29H,1-2H3. The monoisotopic (exact) mass is 639 g/mol. The summed E-state index contributed by atoms with van der Waals surface area (Å²) in [5, 5.41) is 3.69. The summed E-state index contributed by atoms with van der Waals surface area (Å²) in [5.74, 6) is 0.932. The van der Waals surface area contributed by atoms with Crippen molar-refractivity contribution in [2.75, 3.05) is 0 Å². The van der Waals surface area contributed by atoms with Crippen LogP contribution in [-0.4, -0.2) is 14.5 Å². The molecule has 0 aliphatic heterocycles. The molecule has 0 radical (unpaired) electrons. The van der Waals surface area contributed by atoms with E-state index in [9.17, 15) is 0 Å². The number of hydrogen-bond acceptors (Lipinski definition) is 2. The highest BCUT2D eigenvalue weighted by Gasteiger charge is 2.37. The molecule has 0 saturated heterocycles. The average Bonchev–Trinajstić information content (AvgIpc) is 3.68. The van der Waals surface area contributed by atoms with E-state index in [2.05, 4.69) is 176 Å². The minimum Gasteiger partial charge on any atom is -0.292 e. The summed E-state index contributed by atoms with van der Waals surface area (Å²) in [6.07, 6.45) is 0. The van der Waals surface area contributed by atoms with Gasteiger partial charge in [-0.25, -0.2) is 9.97 Å². The fourth-order valence-corrected chi connectivity index (χ4v) is 8.24. The summed E-state index contributed by atoms with van der Waals surface area (Å²) in [6.45, 7) is 4.72. The maximum absolute atomic E-state index is 5.42. The molecule has 2 heterocycles. The van der Waals surface area contributed by atoms with Crippen molar-refractivity contribution in [2.24, 2.45) is 0 Å². The van der Waals surface area contributed by atoms with Crippen molar-refractivity contribution in [2.45, 2.75) is 19.3 Å². The lowest BCUT2D eigenvalue weighted by Gasteiger charge is -2.25. The molecule has 0 atom stereocenters. The number of rotatable bonds is 4. The highest BCUT2D eigenvalue weighted by atomic mass is 15.1. The second-order valence-corrected chi connectivity index (χ2v) is 13.8. The molecule has 2 aromatic heterocycles. The van der Waals surface area contributed by atoms with Gasteiger partial charge in [-0.3, -0.25) is 4.57 Å². The highest BCUT2D eigenvalue weighted by molar-refractivity contribution is 6.15. The number of para-hydroxylation sites is 4. The third-order valence-corrected chi connectivity index (χ3v) is 10.6. The zero-order valence-electron chi connectivity index (χ0n) is 27.9. The predicted octanol–water partition coefficient (Wildman–Crippen LogP) is 12.0. The van der Waals surface area contributed by atoms with Crippen LogP contribution in [0.3, 0.4) is 0 Å². The SMILES string of the molecule is CC1(C)c2ccccc2-c2ccc3c(c(-c4cccc(-c5ccc(-c6nc7ccccc7n6-c6ccccc6)cc5)c4)nc4ccccc43)c21. The molecule has 236 valence electrons. The smallest absolute Gasteiger partial charge is 0.145 e. The van der Waals surface area contributed by atoms with Gasteiger partial charge in [0.15, 0.2) is 0 Å². The number of pyridine rings is 1. The van der Waals surface area contributed by atoms with E-state index in [0.717, 1.165) is 56.0 Å². The van der Waals surface area contributed by atoms with E-state index in [-0.39, 0.29) is 5.41 Å². The van der Waals surface area contributed by atoms with E-state index >= 15 is 0 Å². The minimum atomic E-state index is -0.159. The quantitative estimate of drug-likeness (QED) is 0.179. The lowest BCUT2D eigenvalue weighted by molar-refractivity contribution is 0.666. The molecule has 50 heavy (non-hydrogen) atoms. The van der Waals surface area contributed by atoms with E-state index in [0.29, 0.717) is 0 Å². The molecule has 0 fully saturated rings. The molecule has 3 nitrogen and oxygen atoms in total. The fraction of sp³-hybridized carbons (Fsp3) is 0.0638. The van der Waals surface area contributed by atoms with Crippen LogP contribution in [0.5, 0.6) is 0 Å². The summed E-state index contributed by atoms with van der Waals surface area (Å²) in [7, 11) is 0. The number of benzene rings is 7. The Bertz CT molecular complexity index is 2770. The van der Waals surface area contributed by atoms with Crippen molar-refractivity contribution in [1.29, 1.82) is 0 Å². The first-order valence-electron chi connectivity index (χ1n) is 17.3. The topological polar surface area (TPSA) is 30.7 Å². The molecular formula is C47H33N3. The summed E-state index contributed by atoms with van der Waals surface area (Å²) in [5.41, 5.74) is 14.9. The molecular weight excluding hydrogens is 607 g/mol. The average molecular weight is 640 g/mol. The van der Waals surface area contributed by atoms with Crippen molar-refractivity contribution in [3.63, 3.8) is 0 Å². The summed E-state index contributed by atoms with van der Waals surface area (Å²) in [6, 6.07) is 58.6. The zero-order valence-corrected chi connectivity index (χ0v) is 27.9. The van der Waals surface area contributed by atoms with Crippen LogP contribution >= 0.6 is 0 Å². The molecule has 9 aromatic rings. The second kappa shape index (κ2) is 10.8. The van der Waals surface area contributed by atoms with Crippen LogP contribution in [0.4, 0.5) is 0 Å². The molecule has 0 spiro atoms. The van der Waals surface area contributed by atoms with E-state index in [4.69, 9.17) is 9.97 Å². The first-order chi connectivity index (χ1) is 24.6. The molecule has 0 unspecified atom stereocenters. The third kappa shape index (κ3) is 4.23. The maximum Gasteiger partial charge on any atom is 0.145 e. The molecule has 1 aliphatic rings. The molecule has 0 saturated carbocycles. The number of hydrogen-bond donors (Lipinski definition) is 0.